The number of methoxy groups -OCH3 is 1. The average Bonchev–Trinajstić information content (AvgIpc) is 3.18. The summed E-state index contributed by atoms with van der Waals surface area (Å²) in [4.78, 5) is 17.4. The molecule has 3 atom stereocenters. The Morgan fingerprint density at radius 3 is 3.19 bits per heavy atom. The predicted molar refractivity (Wildman–Crippen MR) is 98.6 cm³/mol. The van der Waals surface area contributed by atoms with Crippen LogP contribution in [0.2, 0.25) is 0 Å². The number of carbonyl (C=O) groups is 1. The number of anilines is 1. The second-order valence-electron chi connectivity index (χ2n) is 7.71. The van der Waals surface area contributed by atoms with Crippen LogP contribution >= 0.6 is 11.8 Å². The number of rotatable bonds is 1. The first-order valence-corrected chi connectivity index (χ1v) is 9.79. The molecule has 0 amide bonds. The second kappa shape index (κ2) is 4.02. The number of benzene rings is 1. The lowest BCUT2D eigenvalue weighted by Crippen LogP contribution is -2.58. The van der Waals surface area contributed by atoms with Crippen LogP contribution in [0, 0.1) is 0 Å². The molecule has 3 N–H and O–H groups in total. The number of hydrogen-bond acceptors (Lipinski definition) is 5. The standard InChI is InChI=1S/C19H15N3O3S/c1-25-18-15-8(23)4-9-19(18)5-10(26-9)21-14-12(19)16-11-7(2-3-22(15)16)6-20-13(11)17(14)24/h4,6,10,18H,2-3,5H2,1H3,(H2,20,21,23,24)/p+1/t10-,18-,19+/m0/s1. The van der Waals surface area contributed by atoms with E-state index in [2.05, 4.69) is 14.9 Å². The van der Waals surface area contributed by atoms with Crippen molar-refractivity contribution in [2.24, 2.45) is 0 Å². The predicted octanol–water partition coefficient (Wildman–Crippen LogP) is 2.14. The van der Waals surface area contributed by atoms with Gasteiger partial charge < -0.3 is 20.1 Å². The number of aromatic amines is 1. The van der Waals surface area contributed by atoms with Gasteiger partial charge in [0.2, 0.25) is 11.5 Å². The van der Waals surface area contributed by atoms with Crippen molar-refractivity contribution in [2.75, 3.05) is 19.0 Å². The zero-order valence-corrected chi connectivity index (χ0v) is 14.9. The number of ketones is 1. The summed E-state index contributed by atoms with van der Waals surface area (Å²) in [6.45, 7) is 0.758. The number of allylic oxidation sites excluding steroid dienone is 1. The van der Waals surface area contributed by atoms with Crippen LogP contribution in [0.3, 0.4) is 0 Å². The third kappa shape index (κ3) is 1.19. The molecule has 0 saturated carbocycles. The summed E-state index contributed by atoms with van der Waals surface area (Å²) in [6, 6.07) is 0. The van der Waals surface area contributed by atoms with E-state index in [1.165, 1.54) is 5.56 Å². The number of carbonyl (C=O) groups excluding carboxylic acids is 1. The lowest BCUT2D eigenvalue weighted by molar-refractivity contribution is -0.447. The van der Waals surface area contributed by atoms with Gasteiger partial charge in [-0.2, -0.15) is 4.58 Å². The van der Waals surface area contributed by atoms with E-state index in [-0.39, 0.29) is 28.4 Å². The van der Waals surface area contributed by atoms with Gasteiger partial charge in [0, 0.05) is 30.7 Å². The third-order valence-corrected chi connectivity index (χ3v) is 8.04. The number of aromatic hydroxyl groups is 1. The van der Waals surface area contributed by atoms with E-state index in [0.29, 0.717) is 0 Å². The zero-order valence-electron chi connectivity index (χ0n) is 14.0. The normalized spacial score (nSPS) is 32.3. The molecule has 0 radical (unpaired) electrons. The van der Waals surface area contributed by atoms with Crippen LogP contribution in [0.25, 0.3) is 10.9 Å². The molecule has 7 heteroatoms. The Morgan fingerprint density at radius 1 is 1.46 bits per heavy atom. The molecule has 5 aliphatic rings. The molecule has 5 heterocycles. The van der Waals surface area contributed by atoms with E-state index < -0.39 is 0 Å². The molecule has 6 nitrogen and oxygen atoms in total. The van der Waals surface area contributed by atoms with Crippen LogP contribution in [0.4, 0.5) is 11.4 Å². The van der Waals surface area contributed by atoms with Crippen LogP contribution in [0.1, 0.15) is 17.5 Å². The zero-order chi connectivity index (χ0) is 17.4. The van der Waals surface area contributed by atoms with Gasteiger partial charge in [-0.05, 0) is 12.0 Å². The van der Waals surface area contributed by atoms with Crippen molar-refractivity contribution in [2.45, 2.75) is 29.7 Å². The lowest BCUT2D eigenvalue weighted by atomic mass is 9.63. The topological polar surface area (TPSA) is 77.4 Å². The van der Waals surface area contributed by atoms with Crippen molar-refractivity contribution < 1.29 is 19.2 Å². The van der Waals surface area contributed by atoms with E-state index >= 15 is 0 Å². The second-order valence-corrected chi connectivity index (χ2v) is 8.96. The van der Waals surface area contributed by atoms with Crippen LogP contribution in [0.5, 0.6) is 5.75 Å². The Kier molecular flexibility index (Phi) is 2.15. The summed E-state index contributed by atoms with van der Waals surface area (Å²) in [5.41, 5.74) is 5.37. The summed E-state index contributed by atoms with van der Waals surface area (Å²) in [6.07, 6.45) is 5.22. The molecule has 1 fully saturated rings. The number of ether oxygens (including phenoxy) is 1. The largest absolute Gasteiger partial charge is 0.504 e. The smallest absolute Gasteiger partial charge is 0.259 e. The quantitative estimate of drug-likeness (QED) is 0.532. The first kappa shape index (κ1) is 13.9. The molecule has 1 spiro atoms. The number of aromatic nitrogens is 1. The highest BCUT2D eigenvalue weighted by Gasteiger charge is 2.67. The highest BCUT2D eigenvalue weighted by molar-refractivity contribution is 8.04. The SMILES string of the molecule is CO[C@H]1C2=[N+]3CCc4c[nH]c5c(O)c6c(c3c45)[C@]13C[C@@H](N6)SC3=CC2=O. The highest BCUT2D eigenvalue weighted by atomic mass is 32.2. The van der Waals surface area contributed by atoms with Gasteiger partial charge in [0.1, 0.15) is 0 Å². The number of fused-ring (bicyclic) bond motifs is 2. The Hall–Kier alpha value is -2.25. The number of nitrogens with zero attached hydrogens (tertiary/aromatic N) is 1. The summed E-state index contributed by atoms with van der Waals surface area (Å²) < 4.78 is 8.14. The molecular formula is C19H16N3O3S+. The van der Waals surface area contributed by atoms with E-state index in [1.54, 1.807) is 18.9 Å². The Bertz CT molecular complexity index is 1160. The van der Waals surface area contributed by atoms with Gasteiger partial charge in [-0.3, -0.25) is 4.79 Å². The van der Waals surface area contributed by atoms with Gasteiger partial charge >= 0.3 is 0 Å². The maximum atomic E-state index is 13.1. The Morgan fingerprint density at radius 2 is 2.35 bits per heavy atom. The minimum atomic E-state index is -0.364. The molecule has 1 aromatic heterocycles. The first-order valence-electron chi connectivity index (χ1n) is 8.91. The van der Waals surface area contributed by atoms with Crippen molar-refractivity contribution in [1.82, 2.24) is 4.98 Å². The van der Waals surface area contributed by atoms with Gasteiger partial charge in [0.25, 0.3) is 5.71 Å². The van der Waals surface area contributed by atoms with Crippen LogP contribution in [-0.4, -0.2) is 51.3 Å². The van der Waals surface area contributed by atoms with Gasteiger partial charge in [-0.25, -0.2) is 0 Å². The summed E-state index contributed by atoms with van der Waals surface area (Å²) >= 11 is 1.70. The maximum Gasteiger partial charge on any atom is 0.259 e. The molecule has 1 aliphatic carbocycles. The summed E-state index contributed by atoms with van der Waals surface area (Å²) in [5.74, 6) is 0.345. The number of H-pyrrole nitrogens is 1. The molecule has 26 heavy (non-hydrogen) atoms. The molecular weight excluding hydrogens is 350 g/mol. The monoisotopic (exact) mass is 366 g/mol. The van der Waals surface area contributed by atoms with Gasteiger partial charge in [0.15, 0.2) is 18.4 Å². The maximum absolute atomic E-state index is 13.1. The van der Waals surface area contributed by atoms with Gasteiger partial charge in [0.05, 0.1) is 32.9 Å². The Balaban J connectivity index is 1.80. The first-order chi connectivity index (χ1) is 12.6. The highest BCUT2D eigenvalue weighted by Crippen LogP contribution is 2.67. The van der Waals surface area contributed by atoms with Crippen LogP contribution < -0.4 is 5.32 Å². The molecule has 1 saturated heterocycles. The van der Waals surface area contributed by atoms with Crippen LogP contribution in [-0.2, 0) is 21.4 Å². The van der Waals surface area contributed by atoms with E-state index in [1.807, 2.05) is 12.3 Å². The molecule has 2 aromatic rings. The van der Waals surface area contributed by atoms with Crippen molar-refractivity contribution in [1.29, 1.82) is 0 Å². The van der Waals surface area contributed by atoms with E-state index in [9.17, 15) is 9.90 Å². The number of phenolic OH excluding ortho intramolecular Hbond substituents is 1. The van der Waals surface area contributed by atoms with Gasteiger partial charge in [-0.1, -0.05) is 0 Å². The fourth-order valence-electron chi connectivity index (χ4n) is 5.87. The summed E-state index contributed by atoms with van der Waals surface area (Å²) in [7, 11) is 1.70. The molecule has 4 aliphatic heterocycles. The van der Waals surface area contributed by atoms with Gasteiger partial charge in [-0.15, -0.1) is 11.8 Å². The minimum absolute atomic E-state index is 0.0601. The summed E-state index contributed by atoms with van der Waals surface area (Å²) in [5, 5.41) is 15.8. The average molecular weight is 366 g/mol. The number of nitrogens with one attached hydrogen (secondary N) is 2. The Labute approximate surface area is 152 Å². The van der Waals surface area contributed by atoms with Crippen LogP contribution in [0.15, 0.2) is 17.2 Å². The lowest BCUT2D eigenvalue weighted by Gasteiger charge is -2.45. The fraction of sp³-hybridized carbons (Fsp3) is 0.368. The van der Waals surface area contributed by atoms with Crippen molar-refractivity contribution >= 4 is 45.5 Å². The molecule has 0 unspecified atom stereocenters. The minimum Gasteiger partial charge on any atom is -0.504 e. The number of phenols is 1. The number of hydrogen-bond donors (Lipinski definition) is 3. The molecule has 7 rings (SSSR count). The fourth-order valence-corrected chi connectivity index (χ4v) is 7.38. The molecule has 1 aromatic carbocycles. The van der Waals surface area contributed by atoms with Crippen molar-refractivity contribution in [3.63, 3.8) is 0 Å². The molecule has 130 valence electrons. The number of thioether (sulfide) groups is 1. The van der Waals surface area contributed by atoms with E-state index in [4.69, 9.17) is 4.74 Å². The third-order valence-electron chi connectivity index (χ3n) is 6.74. The van der Waals surface area contributed by atoms with Crippen molar-refractivity contribution in [3.05, 3.63) is 28.3 Å². The molecule has 3 bridgehead atoms. The van der Waals surface area contributed by atoms with Crippen molar-refractivity contribution in [3.8, 4) is 5.75 Å². The van der Waals surface area contributed by atoms with E-state index in [0.717, 1.165) is 57.8 Å².